The standard InChI is InChI=1S/C16H30BNO4S/c1-10(2)12(9-23-14(21)8-17)18-15(22)11(16(3,4)5)6-7-13(19)20/h10-12H,6-9,17H2,1-5H3,(H,18,22)(H,19,20)/t11?,12-/m0/s1. The summed E-state index contributed by atoms with van der Waals surface area (Å²) in [7, 11) is 1.82. The first kappa shape index (κ1) is 22.0. The number of hydrogen-bond donors (Lipinski definition) is 2. The van der Waals surface area contributed by atoms with Crippen LogP contribution in [0.2, 0.25) is 6.32 Å². The number of carbonyl (C=O) groups is 3. The quantitative estimate of drug-likeness (QED) is 0.626. The minimum Gasteiger partial charge on any atom is -0.481 e. The van der Waals surface area contributed by atoms with E-state index < -0.39 is 5.97 Å². The third-order valence-electron chi connectivity index (χ3n) is 3.85. The number of nitrogens with one attached hydrogen (secondary N) is 1. The summed E-state index contributed by atoms with van der Waals surface area (Å²) >= 11 is 1.24. The van der Waals surface area contributed by atoms with Crippen molar-refractivity contribution in [2.24, 2.45) is 17.3 Å². The molecule has 0 aromatic heterocycles. The Labute approximate surface area is 144 Å². The third-order valence-corrected chi connectivity index (χ3v) is 4.99. The van der Waals surface area contributed by atoms with Crippen LogP contribution in [0.15, 0.2) is 0 Å². The summed E-state index contributed by atoms with van der Waals surface area (Å²) < 4.78 is 0. The molecular weight excluding hydrogens is 313 g/mol. The lowest BCUT2D eigenvalue weighted by Crippen LogP contribution is -2.46. The van der Waals surface area contributed by atoms with Gasteiger partial charge in [0.15, 0.2) is 5.12 Å². The van der Waals surface area contributed by atoms with Gasteiger partial charge >= 0.3 is 5.97 Å². The largest absolute Gasteiger partial charge is 0.481 e. The number of rotatable bonds is 9. The number of carboxylic acids is 1. The van der Waals surface area contributed by atoms with Gasteiger partial charge < -0.3 is 10.4 Å². The molecule has 0 aromatic rings. The first-order valence-corrected chi connectivity index (χ1v) is 9.15. The maximum absolute atomic E-state index is 12.6. The Morgan fingerprint density at radius 1 is 1.22 bits per heavy atom. The lowest BCUT2D eigenvalue weighted by molar-refractivity contribution is -0.138. The van der Waals surface area contributed by atoms with Crippen LogP contribution in [0.25, 0.3) is 0 Å². The first-order valence-electron chi connectivity index (χ1n) is 8.16. The van der Waals surface area contributed by atoms with Gasteiger partial charge in [-0.05, 0) is 24.1 Å². The molecule has 2 atom stereocenters. The van der Waals surface area contributed by atoms with Gasteiger partial charge in [0.25, 0.3) is 0 Å². The number of thioether (sulfide) groups is 1. The molecule has 0 rings (SSSR count). The van der Waals surface area contributed by atoms with Gasteiger partial charge in [0.1, 0.15) is 7.85 Å². The van der Waals surface area contributed by atoms with E-state index in [1.807, 2.05) is 42.5 Å². The fourth-order valence-electron chi connectivity index (χ4n) is 2.19. The van der Waals surface area contributed by atoms with E-state index in [0.29, 0.717) is 18.5 Å². The zero-order valence-corrected chi connectivity index (χ0v) is 16.0. The van der Waals surface area contributed by atoms with E-state index in [2.05, 4.69) is 5.32 Å². The maximum atomic E-state index is 12.6. The highest BCUT2D eigenvalue weighted by atomic mass is 32.2. The monoisotopic (exact) mass is 343 g/mol. The van der Waals surface area contributed by atoms with E-state index in [9.17, 15) is 14.4 Å². The van der Waals surface area contributed by atoms with Crippen LogP contribution in [-0.4, -0.2) is 41.7 Å². The second kappa shape index (κ2) is 10.0. The molecule has 5 nitrogen and oxygen atoms in total. The lowest BCUT2D eigenvalue weighted by Gasteiger charge is -2.32. The Bertz CT molecular complexity index is 421. The van der Waals surface area contributed by atoms with Gasteiger partial charge in [-0.3, -0.25) is 14.4 Å². The molecule has 0 aliphatic carbocycles. The predicted molar refractivity (Wildman–Crippen MR) is 97.4 cm³/mol. The molecule has 0 saturated heterocycles. The summed E-state index contributed by atoms with van der Waals surface area (Å²) in [5.41, 5.74) is -0.312. The van der Waals surface area contributed by atoms with Crippen molar-refractivity contribution in [1.29, 1.82) is 0 Å². The molecule has 132 valence electrons. The average Bonchev–Trinajstić information content (AvgIpc) is 2.40. The van der Waals surface area contributed by atoms with Crippen molar-refractivity contribution in [3.05, 3.63) is 0 Å². The van der Waals surface area contributed by atoms with Crippen molar-refractivity contribution in [3.8, 4) is 0 Å². The fourth-order valence-corrected chi connectivity index (χ4v) is 3.23. The minimum atomic E-state index is -0.892. The van der Waals surface area contributed by atoms with Gasteiger partial charge in [-0.1, -0.05) is 46.4 Å². The Morgan fingerprint density at radius 2 is 1.78 bits per heavy atom. The summed E-state index contributed by atoms with van der Waals surface area (Å²) in [6.45, 7) is 9.84. The molecule has 0 spiro atoms. The molecule has 0 aromatic carbocycles. The molecule has 0 fully saturated rings. The van der Waals surface area contributed by atoms with Crippen molar-refractivity contribution in [2.75, 3.05) is 5.75 Å². The van der Waals surface area contributed by atoms with E-state index in [4.69, 9.17) is 5.11 Å². The number of carbonyl (C=O) groups excluding carboxylic acids is 2. The zero-order valence-electron chi connectivity index (χ0n) is 15.1. The van der Waals surface area contributed by atoms with Crippen molar-refractivity contribution in [3.63, 3.8) is 0 Å². The lowest BCUT2D eigenvalue weighted by atomic mass is 9.77. The van der Waals surface area contributed by atoms with Crippen LogP contribution < -0.4 is 5.32 Å². The van der Waals surface area contributed by atoms with Crippen LogP contribution in [0.3, 0.4) is 0 Å². The molecule has 0 aliphatic heterocycles. The summed E-state index contributed by atoms with van der Waals surface area (Å²) in [6, 6.07) is -0.0994. The number of carboxylic acid groups (broad SMARTS) is 1. The van der Waals surface area contributed by atoms with E-state index >= 15 is 0 Å². The highest BCUT2D eigenvalue weighted by Gasteiger charge is 2.33. The van der Waals surface area contributed by atoms with Gasteiger partial charge in [-0.2, -0.15) is 0 Å². The highest BCUT2D eigenvalue weighted by molar-refractivity contribution is 8.13. The van der Waals surface area contributed by atoms with Gasteiger partial charge in [0.05, 0.1) is 0 Å². The Morgan fingerprint density at radius 3 is 2.17 bits per heavy atom. The van der Waals surface area contributed by atoms with Gasteiger partial charge in [-0.25, -0.2) is 0 Å². The summed E-state index contributed by atoms with van der Waals surface area (Å²) in [5.74, 6) is -0.632. The van der Waals surface area contributed by atoms with Crippen LogP contribution >= 0.6 is 11.8 Å². The first-order chi connectivity index (χ1) is 10.5. The molecule has 0 heterocycles. The molecule has 0 saturated carbocycles. The fraction of sp³-hybridized carbons (Fsp3) is 0.812. The molecule has 1 amide bonds. The number of hydrogen-bond acceptors (Lipinski definition) is 4. The minimum absolute atomic E-state index is 0.0230. The van der Waals surface area contributed by atoms with Crippen LogP contribution in [-0.2, 0) is 14.4 Å². The zero-order chi connectivity index (χ0) is 18.2. The molecule has 0 aliphatic rings. The molecule has 23 heavy (non-hydrogen) atoms. The second-order valence-corrected chi connectivity index (χ2v) is 8.32. The molecular formula is C16H30BNO4S. The summed E-state index contributed by atoms with van der Waals surface area (Å²) in [4.78, 5) is 34.9. The predicted octanol–water partition coefficient (Wildman–Crippen LogP) is 1.97. The van der Waals surface area contributed by atoms with Crippen molar-refractivity contribution >= 4 is 36.6 Å². The Hall–Kier alpha value is -0.975. The Kier molecular flexibility index (Phi) is 9.58. The van der Waals surface area contributed by atoms with Crippen molar-refractivity contribution in [1.82, 2.24) is 5.32 Å². The molecule has 1 unspecified atom stereocenters. The topological polar surface area (TPSA) is 83.5 Å². The second-order valence-electron chi connectivity index (χ2n) is 7.25. The van der Waals surface area contributed by atoms with Crippen LogP contribution in [0, 0.1) is 17.3 Å². The molecule has 7 heteroatoms. The Balaban J connectivity index is 4.88. The average molecular weight is 343 g/mol. The van der Waals surface area contributed by atoms with E-state index in [1.165, 1.54) is 11.8 Å². The van der Waals surface area contributed by atoms with E-state index in [-0.39, 0.29) is 40.7 Å². The smallest absolute Gasteiger partial charge is 0.303 e. The van der Waals surface area contributed by atoms with Gasteiger partial charge in [-0.15, -0.1) is 0 Å². The maximum Gasteiger partial charge on any atom is 0.303 e. The third kappa shape index (κ3) is 9.03. The van der Waals surface area contributed by atoms with Crippen molar-refractivity contribution < 1.29 is 19.5 Å². The normalized spacial score (nSPS) is 14.3. The number of aliphatic carboxylic acids is 1. The molecule has 2 N–H and O–H groups in total. The molecule has 0 radical (unpaired) electrons. The summed E-state index contributed by atoms with van der Waals surface area (Å²) in [6.07, 6.45) is 0.772. The van der Waals surface area contributed by atoms with Crippen LogP contribution in [0.5, 0.6) is 0 Å². The SMILES string of the molecule is BCC(=O)SC[C@H](NC(=O)C(CCC(=O)O)C(C)(C)C)C(C)C. The van der Waals surface area contributed by atoms with Crippen LogP contribution in [0.1, 0.15) is 47.5 Å². The highest BCUT2D eigenvalue weighted by Crippen LogP contribution is 2.30. The van der Waals surface area contributed by atoms with Gasteiger partial charge in [0.2, 0.25) is 5.91 Å². The van der Waals surface area contributed by atoms with Crippen molar-refractivity contribution in [2.45, 2.75) is 59.8 Å². The number of amides is 1. The van der Waals surface area contributed by atoms with Crippen LogP contribution in [0.4, 0.5) is 0 Å². The van der Waals surface area contributed by atoms with Gasteiger partial charge in [0, 0.05) is 24.1 Å². The summed E-state index contributed by atoms with van der Waals surface area (Å²) in [5, 5.41) is 12.0. The van der Waals surface area contributed by atoms with E-state index in [1.54, 1.807) is 0 Å². The molecule has 0 bridgehead atoms. The van der Waals surface area contributed by atoms with E-state index in [0.717, 1.165) is 0 Å².